The Morgan fingerprint density at radius 1 is 1.33 bits per heavy atom. The second-order valence-corrected chi connectivity index (χ2v) is 5.24. The van der Waals surface area contributed by atoms with Gasteiger partial charge in [-0.25, -0.2) is 0 Å². The maximum Gasteiger partial charge on any atom is 0.387 e. The zero-order valence-electron chi connectivity index (χ0n) is 12.0. The van der Waals surface area contributed by atoms with E-state index in [4.69, 9.17) is 0 Å². The van der Waals surface area contributed by atoms with Crippen molar-refractivity contribution >= 4 is 5.91 Å². The van der Waals surface area contributed by atoms with Crippen LogP contribution in [0.4, 0.5) is 8.78 Å². The monoisotopic (exact) mass is 298 g/mol. The zero-order chi connectivity index (χ0) is 15.2. The fraction of sp³-hybridized carbons (Fsp3) is 0.533. The number of carbonyl (C=O) groups is 1. The molecule has 21 heavy (non-hydrogen) atoms. The second-order valence-electron chi connectivity index (χ2n) is 5.24. The highest BCUT2D eigenvalue weighted by Gasteiger charge is 2.23. The second kappa shape index (κ2) is 7.36. The van der Waals surface area contributed by atoms with Crippen molar-refractivity contribution in [3.05, 3.63) is 29.8 Å². The van der Waals surface area contributed by atoms with Gasteiger partial charge < -0.3 is 15.0 Å². The van der Waals surface area contributed by atoms with Gasteiger partial charge in [-0.3, -0.25) is 4.79 Å². The first-order valence-corrected chi connectivity index (χ1v) is 7.05. The summed E-state index contributed by atoms with van der Waals surface area (Å²) >= 11 is 0. The van der Waals surface area contributed by atoms with Crippen LogP contribution in [-0.4, -0.2) is 37.6 Å². The summed E-state index contributed by atoms with van der Waals surface area (Å²) < 4.78 is 28.4. The summed E-state index contributed by atoms with van der Waals surface area (Å²) in [6.45, 7) is -0.592. The van der Waals surface area contributed by atoms with Crippen molar-refractivity contribution in [2.45, 2.75) is 26.0 Å². The SMILES string of the molecule is CN(Cc1ccc(OC(F)F)cc1)C(=O)C1CCNCC1. The van der Waals surface area contributed by atoms with Gasteiger partial charge in [0, 0.05) is 19.5 Å². The summed E-state index contributed by atoms with van der Waals surface area (Å²) in [7, 11) is 1.77. The normalized spacial score (nSPS) is 16.0. The van der Waals surface area contributed by atoms with Crippen LogP contribution < -0.4 is 10.1 Å². The van der Waals surface area contributed by atoms with Gasteiger partial charge in [-0.05, 0) is 43.6 Å². The summed E-state index contributed by atoms with van der Waals surface area (Å²) in [5, 5.41) is 3.23. The number of nitrogens with one attached hydrogen (secondary N) is 1. The molecular weight excluding hydrogens is 278 g/mol. The van der Waals surface area contributed by atoms with E-state index in [0.29, 0.717) is 6.54 Å². The van der Waals surface area contributed by atoms with Gasteiger partial charge in [0.05, 0.1) is 0 Å². The number of nitrogens with zero attached hydrogens (tertiary/aromatic N) is 1. The van der Waals surface area contributed by atoms with Gasteiger partial charge in [-0.15, -0.1) is 0 Å². The largest absolute Gasteiger partial charge is 0.435 e. The van der Waals surface area contributed by atoms with E-state index in [1.54, 1.807) is 24.1 Å². The van der Waals surface area contributed by atoms with E-state index in [0.717, 1.165) is 31.5 Å². The third kappa shape index (κ3) is 4.67. The van der Waals surface area contributed by atoms with Gasteiger partial charge in [0.25, 0.3) is 0 Å². The molecule has 1 fully saturated rings. The van der Waals surface area contributed by atoms with Crippen molar-refractivity contribution in [3.63, 3.8) is 0 Å². The maximum atomic E-state index is 12.3. The first kappa shape index (κ1) is 15.7. The molecule has 1 heterocycles. The van der Waals surface area contributed by atoms with Gasteiger partial charge in [-0.1, -0.05) is 12.1 Å². The lowest BCUT2D eigenvalue weighted by Gasteiger charge is -2.27. The van der Waals surface area contributed by atoms with Gasteiger partial charge in [0.15, 0.2) is 0 Å². The third-order valence-electron chi connectivity index (χ3n) is 3.63. The first-order valence-electron chi connectivity index (χ1n) is 7.05. The molecule has 0 bridgehead atoms. The summed E-state index contributed by atoms with van der Waals surface area (Å²) in [4.78, 5) is 14.0. The van der Waals surface area contributed by atoms with E-state index >= 15 is 0 Å². The molecule has 1 saturated heterocycles. The highest BCUT2D eigenvalue weighted by atomic mass is 19.3. The minimum Gasteiger partial charge on any atom is -0.435 e. The van der Waals surface area contributed by atoms with Crippen molar-refractivity contribution in [1.82, 2.24) is 10.2 Å². The zero-order valence-corrected chi connectivity index (χ0v) is 12.0. The van der Waals surface area contributed by atoms with Gasteiger partial charge >= 0.3 is 6.61 Å². The molecule has 4 nitrogen and oxygen atoms in total. The molecule has 1 aromatic carbocycles. The van der Waals surface area contributed by atoms with Crippen LogP contribution in [0.5, 0.6) is 5.75 Å². The Hall–Kier alpha value is -1.69. The predicted octanol–water partition coefficient (Wildman–Crippen LogP) is 2.25. The topological polar surface area (TPSA) is 41.6 Å². The smallest absolute Gasteiger partial charge is 0.387 e. The Morgan fingerprint density at radius 3 is 2.52 bits per heavy atom. The Morgan fingerprint density at radius 2 is 1.95 bits per heavy atom. The van der Waals surface area contributed by atoms with Crippen LogP contribution in [-0.2, 0) is 11.3 Å². The van der Waals surface area contributed by atoms with Gasteiger partial charge in [-0.2, -0.15) is 8.78 Å². The average Bonchev–Trinajstić information content (AvgIpc) is 2.49. The van der Waals surface area contributed by atoms with E-state index in [1.807, 2.05) is 0 Å². The van der Waals surface area contributed by atoms with Gasteiger partial charge in [0.2, 0.25) is 5.91 Å². The van der Waals surface area contributed by atoms with Crippen LogP contribution in [0.3, 0.4) is 0 Å². The molecular formula is C15H20F2N2O2. The van der Waals surface area contributed by atoms with Crippen molar-refractivity contribution in [2.24, 2.45) is 5.92 Å². The molecule has 1 N–H and O–H groups in total. The van der Waals surface area contributed by atoms with E-state index in [1.165, 1.54) is 12.1 Å². The average molecular weight is 298 g/mol. The van der Waals surface area contributed by atoms with E-state index in [-0.39, 0.29) is 17.6 Å². The summed E-state index contributed by atoms with van der Waals surface area (Å²) in [5.41, 5.74) is 0.890. The molecule has 1 aliphatic heterocycles. The first-order chi connectivity index (χ1) is 10.1. The number of benzene rings is 1. The number of ether oxygens (including phenoxy) is 1. The number of halogens is 2. The molecule has 0 radical (unpaired) electrons. The molecule has 116 valence electrons. The highest BCUT2D eigenvalue weighted by Crippen LogP contribution is 2.18. The lowest BCUT2D eigenvalue weighted by atomic mass is 9.96. The molecule has 1 aromatic rings. The summed E-state index contributed by atoms with van der Waals surface area (Å²) in [6.07, 6.45) is 1.73. The minimum absolute atomic E-state index is 0.0812. The van der Waals surface area contributed by atoms with Crippen LogP contribution in [0.15, 0.2) is 24.3 Å². The number of piperidine rings is 1. The Bertz CT molecular complexity index is 459. The van der Waals surface area contributed by atoms with Crippen LogP contribution in [0.2, 0.25) is 0 Å². The molecule has 0 atom stereocenters. The number of rotatable bonds is 5. The minimum atomic E-state index is -2.82. The summed E-state index contributed by atoms with van der Waals surface area (Å²) in [6, 6.07) is 6.38. The Kier molecular flexibility index (Phi) is 5.50. The number of amides is 1. The molecule has 6 heteroatoms. The van der Waals surface area contributed by atoms with Crippen molar-refractivity contribution < 1.29 is 18.3 Å². The number of hydrogen-bond donors (Lipinski definition) is 1. The van der Waals surface area contributed by atoms with Crippen LogP contribution in [0.25, 0.3) is 0 Å². The van der Waals surface area contributed by atoms with Gasteiger partial charge in [0.1, 0.15) is 5.75 Å². The maximum absolute atomic E-state index is 12.3. The fourth-order valence-electron chi connectivity index (χ4n) is 2.51. The lowest BCUT2D eigenvalue weighted by Crippen LogP contribution is -2.38. The Balaban J connectivity index is 1.89. The molecule has 0 unspecified atom stereocenters. The van der Waals surface area contributed by atoms with Crippen LogP contribution in [0.1, 0.15) is 18.4 Å². The quantitative estimate of drug-likeness (QED) is 0.906. The molecule has 0 spiro atoms. The fourth-order valence-corrected chi connectivity index (χ4v) is 2.51. The third-order valence-corrected chi connectivity index (χ3v) is 3.63. The standard InChI is InChI=1S/C15H20F2N2O2/c1-19(14(20)12-6-8-18-9-7-12)10-11-2-4-13(5-3-11)21-15(16)17/h2-5,12,15,18H,6-10H2,1H3. The summed E-state index contributed by atoms with van der Waals surface area (Å²) in [5.74, 6) is 0.350. The molecule has 1 aliphatic rings. The van der Waals surface area contributed by atoms with Crippen LogP contribution in [0, 0.1) is 5.92 Å². The van der Waals surface area contributed by atoms with E-state index < -0.39 is 6.61 Å². The lowest BCUT2D eigenvalue weighted by molar-refractivity contribution is -0.135. The highest BCUT2D eigenvalue weighted by molar-refractivity contribution is 5.78. The number of carbonyl (C=O) groups excluding carboxylic acids is 1. The number of alkyl halides is 2. The molecule has 2 rings (SSSR count). The predicted molar refractivity (Wildman–Crippen MR) is 75.1 cm³/mol. The van der Waals surface area contributed by atoms with Crippen molar-refractivity contribution in [2.75, 3.05) is 20.1 Å². The van der Waals surface area contributed by atoms with Crippen LogP contribution >= 0.6 is 0 Å². The number of hydrogen-bond acceptors (Lipinski definition) is 3. The van der Waals surface area contributed by atoms with E-state index in [2.05, 4.69) is 10.1 Å². The van der Waals surface area contributed by atoms with Crippen molar-refractivity contribution in [3.8, 4) is 5.75 Å². The molecule has 0 aromatic heterocycles. The van der Waals surface area contributed by atoms with Crippen molar-refractivity contribution in [1.29, 1.82) is 0 Å². The molecule has 0 aliphatic carbocycles. The molecule has 1 amide bonds. The van der Waals surface area contributed by atoms with E-state index in [9.17, 15) is 13.6 Å². The Labute approximate surface area is 123 Å². The molecule has 0 saturated carbocycles.